The molecule has 84 valence electrons. The fraction of sp³-hybridized carbons (Fsp3) is 0.333. The van der Waals surface area contributed by atoms with Crippen LogP contribution in [0.2, 0.25) is 0 Å². The lowest BCUT2D eigenvalue weighted by atomic mass is 10.1. The summed E-state index contributed by atoms with van der Waals surface area (Å²) in [4.78, 5) is 8.63. The lowest BCUT2D eigenvalue weighted by molar-refractivity contribution is 0.709. The van der Waals surface area contributed by atoms with Gasteiger partial charge in [-0.25, -0.2) is 4.98 Å². The molecule has 4 nitrogen and oxygen atoms in total. The summed E-state index contributed by atoms with van der Waals surface area (Å²) in [5, 5.41) is 0. The van der Waals surface area contributed by atoms with E-state index in [2.05, 4.69) is 21.5 Å². The average Bonchev–Trinajstić information content (AvgIpc) is 2.72. The van der Waals surface area contributed by atoms with E-state index in [0.717, 1.165) is 29.3 Å². The number of nitrogens with two attached hydrogens (primary N) is 1. The Labute approximate surface area is 95.1 Å². The maximum atomic E-state index is 5.99. The van der Waals surface area contributed by atoms with E-state index in [0.29, 0.717) is 6.42 Å². The molecular formula is C12H16N4. The maximum Gasteiger partial charge on any atom is 0.114 e. The van der Waals surface area contributed by atoms with E-state index in [-0.39, 0.29) is 0 Å². The first-order valence-electron chi connectivity index (χ1n) is 5.42. The number of imidazole rings is 1. The molecule has 0 fully saturated rings. The molecule has 4 heteroatoms. The normalized spacial score (nSPS) is 10.6. The summed E-state index contributed by atoms with van der Waals surface area (Å²) in [5.74, 6) is 1.01. The number of rotatable bonds is 3. The van der Waals surface area contributed by atoms with E-state index >= 15 is 0 Å². The molecule has 2 heterocycles. The second kappa shape index (κ2) is 4.35. The van der Waals surface area contributed by atoms with Crippen LogP contribution in [-0.4, -0.2) is 14.5 Å². The van der Waals surface area contributed by atoms with Gasteiger partial charge in [-0.05, 0) is 25.5 Å². The number of anilines is 1. The second-order valence-corrected chi connectivity index (χ2v) is 3.79. The summed E-state index contributed by atoms with van der Waals surface area (Å²) in [6.07, 6.45) is 6.26. The van der Waals surface area contributed by atoms with E-state index < -0.39 is 0 Å². The van der Waals surface area contributed by atoms with E-state index in [1.807, 2.05) is 25.4 Å². The van der Waals surface area contributed by atoms with Crippen LogP contribution in [0.5, 0.6) is 0 Å². The predicted molar refractivity (Wildman–Crippen MR) is 64.1 cm³/mol. The highest BCUT2D eigenvalue weighted by molar-refractivity contribution is 5.50. The van der Waals surface area contributed by atoms with Crippen LogP contribution in [0, 0.1) is 6.92 Å². The number of nitrogens with zero attached hydrogens (tertiary/aromatic N) is 3. The van der Waals surface area contributed by atoms with Crippen molar-refractivity contribution in [2.24, 2.45) is 0 Å². The van der Waals surface area contributed by atoms with Crippen LogP contribution in [0.15, 0.2) is 24.7 Å². The molecule has 2 aromatic heterocycles. The molecule has 0 unspecified atom stereocenters. The third-order valence-corrected chi connectivity index (χ3v) is 2.76. The van der Waals surface area contributed by atoms with Crippen molar-refractivity contribution in [1.29, 1.82) is 0 Å². The lowest BCUT2D eigenvalue weighted by Crippen LogP contribution is -2.06. The first kappa shape index (κ1) is 10.7. The molecule has 0 saturated heterocycles. The zero-order valence-corrected chi connectivity index (χ0v) is 9.64. The fourth-order valence-corrected chi connectivity index (χ4v) is 1.71. The highest BCUT2D eigenvalue weighted by Gasteiger charge is 2.08. The minimum Gasteiger partial charge on any atom is -0.397 e. The van der Waals surface area contributed by atoms with Gasteiger partial charge in [0.25, 0.3) is 0 Å². The van der Waals surface area contributed by atoms with Gasteiger partial charge in [0, 0.05) is 25.1 Å². The molecule has 0 spiro atoms. The number of hydrogen-bond donors (Lipinski definition) is 1. The Morgan fingerprint density at radius 2 is 2.12 bits per heavy atom. The molecule has 0 radical (unpaired) electrons. The van der Waals surface area contributed by atoms with Crippen molar-refractivity contribution in [2.75, 3.05) is 5.73 Å². The third-order valence-electron chi connectivity index (χ3n) is 2.76. The zero-order chi connectivity index (χ0) is 11.5. The summed E-state index contributed by atoms with van der Waals surface area (Å²) in [6, 6.07) is 1.92. The first-order valence-corrected chi connectivity index (χ1v) is 5.42. The quantitative estimate of drug-likeness (QED) is 0.850. The van der Waals surface area contributed by atoms with Crippen LogP contribution in [0.25, 0.3) is 0 Å². The first-order chi connectivity index (χ1) is 7.72. The van der Waals surface area contributed by atoms with Crippen LogP contribution in [0.1, 0.15) is 24.0 Å². The van der Waals surface area contributed by atoms with Crippen LogP contribution in [0.4, 0.5) is 5.69 Å². The molecule has 2 aromatic rings. The summed E-state index contributed by atoms with van der Waals surface area (Å²) < 4.78 is 2.10. The molecule has 0 atom stereocenters. The smallest absolute Gasteiger partial charge is 0.114 e. The molecule has 0 aliphatic heterocycles. The minimum atomic E-state index is 0.689. The molecule has 0 aliphatic rings. The molecule has 2 N–H and O–H groups in total. The highest BCUT2D eigenvalue weighted by Crippen LogP contribution is 2.16. The Hall–Kier alpha value is -1.84. The third kappa shape index (κ3) is 1.91. The largest absolute Gasteiger partial charge is 0.397 e. The highest BCUT2D eigenvalue weighted by atomic mass is 15.1. The molecule has 0 amide bonds. The van der Waals surface area contributed by atoms with Gasteiger partial charge in [-0.3, -0.25) is 4.98 Å². The van der Waals surface area contributed by atoms with Crippen LogP contribution in [-0.2, 0) is 13.0 Å². The molecule has 0 bridgehead atoms. The van der Waals surface area contributed by atoms with E-state index in [1.165, 1.54) is 0 Å². The topological polar surface area (TPSA) is 56.7 Å². The number of hydrogen-bond acceptors (Lipinski definition) is 3. The average molecular weight is 216 g/mol. The van der Waals surface area contributed by atoms with E-state index in [1.54, 1.807) is 6.20 Å². The molecule has 0 aromatic carbocycles. The predicted octanol–water partition coefficient (Wildman–Crippen LogP) is 1.78. The summed E-state index contributed by atoms with van der Waals surface area (Å²) in [5.41, 5.74) is 8.74. The van der Waals surface area contributed by atoms with Crippen molar-refractivity contribution >= 4 is 5.69 Å². The Morgan fingerprint density at radius 3 is 2.88 bits per heavy atom. The summed E-state index contributed by atoms with van der Waals surface area (Å²) in [7, 11) is 0. The molecule has 16 heavy (non-hydrogen) atoms. The lowest BCUT2D eigenvalue weighted by Gasteiger charge is -2.08. The van der Waals surface area contributed by atoms with E-state index in [9.17, 15) is 0 Å². The van der Waals surface area contributed by atoms with Crippen LogP contribution in [0.3, 0.4) is 0 Å². The Bertz CT molecular complexity index is 488. The van der Waals surface area contributed by atoms with Crippen LogP contribution >= 0.6 is 0 Å². The van der Waals surface area contributed by atoms with Crippen molar-refractivity contribution in [3.05, 3.63) is 41.7 Å². The zero-order valence-electron chi connectivity index (χ0n) is 9.64. The summed E-state index contributed by atoms with van der Waals surface area (Å²) >= 11 is 0. The Morgan fingerprint density at radius 1 is 1.31 bits per heavy atom. The maximum absolute atomic E-state index is 5.99. The van der Waals surface area contributed by atoms with Crippen molar-refractivity contribution < 1.29 is 0 Å². The second-order valence-electron chi connectivity index (χ2n) is 3.79. The van der Waals surface area contributed by atoms with Gasteiger partial charge in [-0.2, -0.15) is 0 Å². The standard InChI is InChI=1S/C12H16N4/c1-3-16-7-6-15-11(16)8-10-12(13)9(2)4-5-14-10/h4-7H,3,8,13H2,1-2H3. The molecule has 0 saturated carbocycles. The Kier molecular flexibility index (Phi) is 2.90. The van der Waals surface area contributed by atoms with Crippen molar-refractivity contribution in [1.82, 2.24) is 14.5 Å². The van der Waals surface area contributed by atoms with E-state index in [4.69, 9.17) is 5.73 Å². The van der Waals surface area contributed by atoms with Crippen molar-refractivity contribution in [3.8, 4) is 0 Å². The van der Waals surface area contributed by atoms with Gasteiger partial charge in [-0.15, -0.1) is 0 Å². The van der Waals surface area contributed by atoms with Crippen LogP contribution < -0.4 is 5.73 Å². The minimum absolute atomic E-state index is 0.689. The van der Waals surface area contributed by atoms with Gasteiger partial charge in [0.15, 0.2) is 0 Å². The van der Waals surface area contributed by atoms with Gasteiger partial charge in [0.2, 0.25) is 0 Å². The van der Waals surface area contributed by atoms with Gasteiger partial charge in [0.1, 0.15) is 5.82 Å². The van der Waals surface area contributed by atoms with Gasteiger partial charge >= 0.3 is 0 Å². The molecular weight excluding hydrogens is 200 g/mol. The number of pyridine rings is 1. The number of nitrogen functional groups attached to an aromatic ring is 1. The van der Waals surface area contributed by atoms with Crippen molar-refractivity contribution in [3.63, 3.8) is 0 Å². The molecule has 2 rings (SSSR count). The number of aromatic nitrogens is 3. The number of aryl methyl sites for hydroxylation is 2. The fourth-order valence-electron chi connectivity index (χ4n) is 1.71. The monoisotopic (exact) mass is 216 g/mol. The van der Waals surface area contributed by atoms with Gasteiger partial charge in [0.05, 0.1) is 17.8 Å². The molecule has 0 aliphatic carbocycles. The SMILES string of the molecule is CCn1ccnc1Cc1nccc(C)c1N. The van der Waals surface area contributed by atoms with Gasteiger partial charge in [-0.1, -0.05) is 0 Å². The van der Waals surface area contributed by atoms with Crippen molar-refractivity contribution in [2.45, 2.75) is 26.8 Å². The van der Waals surface area contributed by atoms with Gasteiger partial charge < -0.3 is 10.3 Å². The Balaban J connectivity index is 2.30. The summed E-state index contributed by atoms with van der Waals surface area (Å²) in [6.45, 7) is 5.01.